The number of nitrogens with zero attached hydrogens (tertiary/aromatic N) is 1. The van der Waals surface area contributed by atoms with Gasteiger partial charge < -0.3 is 10.7 Å². The predicted molar refractivity (Wildman–Crippen MR) is 85.5 cm³/mol. The molecule has 0 aliphatic carbocycles. The van der Waals surface area contributed by atoms with Crippen molar-refractivity contribution in [2.24, 2.45) is 5.73 Å². The summed E-state index contributed by atoms with van der Waals surface area (Å²) in [5, 5.41) is 9.94. The summed E-state index contributed by atoms with van der Waals surface area (Å²) in [7, 11) is 0. The minimum Gasteiger partial charge on any atom is -0.364 e. The first-order chi connectivity index (χ1) is 11.0. The molecule has 1 amide bonds. The third kappa shape index (κ3) is 2.79. The van der Waals surface area contributed by atoms with Crippen LogP contribution in [-0.2, 0) is 6.42 Å². The molecule has 114 valence electrons. The second kappa shape index (κ2) is 5.58. The fourth-order valence-corrected chi connectivity index (χ4v) is 2.69. The van der Waals surface area contributed by atoms with Gasteiger partial charge in [-0.05, 0) is 54.3 Å². The smallest absolute Gasteiger partial charge is 0.265 e. The van der Waals surface area contributed by atoms with Crippen LogP contribution < -0.4 is 5.73 Å². The first-order valence-corrected chi connectivity index (χ1v) is 7.08. The quantitative estimate of drug-likeness (QED) is 0.779. The van der Waals surface area contributed by atoms with E-state index < -0.39 is 5.91 Å². The maximum Gasteiger partial charge on any atom is 0.265 e. The predicted octanol–water partition coefficient (Wildman–Crippen LogP) is 3.18. The molecule has 3 aromatic rings. The Labute approximate surface area is 132 Å². The van der Waals surface area contributed by atoms with Crippen LogP contribution in [0.2, 0.25) is 0 Å². The first-order valence-electron chi connectivity index (χ1n) is 7.08. The minimum atomic E-state index is -0.553. The molecule has 0 saturated heterocycles. The van der Waals surface area contributed by atoms with Gasteiger partial charge in [-0.25, -0.2) is 4.39 Å². The van der Waals surface area contributed by atoms with E-state index in [0.717, 1.165) is 22.0 Å². The maximum absolute atomic E-state index is 13.4. The lowest BCUT2D eigenvalue weighted by Gasteiger charge is -2.06. The molecular formula is C18H14FN3O. The molecule has 4 nitrogen and oxygen atoms in total. The third-order valence-electron chi connectivity index (χ3n) is 3.82. The normalized spacial score (nSPS) is 10.7. The van der Waals surface area contributed by atoms with Crippen molar-refractivity contribution < 1.29 is 9.18 Å². The number of nitrogens with two attached hydrogens (primary N) is 1. The van der Waals surface area contributed by atoms with Crippen LogP contribution in [0.15, 0.2) is 36.4 Å². The molecule has 2 aromatic carbocycles. The highest BCUT2D eigenvalue weighted by Crippen LogP contribution is 2.24. The molecule has 5 heteroatoms. The molecule has 0 fully saturated rings. The fraction of sp³-hybridized carbons (Fsp3) is 0.111. The SMILES string of the molecule is Cc1cc(Cc2cc(C#N)cc3cc(C(N)=O)[nH]c23)ccc1F. The van der Waals surface area contributed by atoms with E-state index in [1.165, 1.54) is 6.07 Å². The Bertz CT molecular complexity index is 966. The van der Waals surface area contributed by atoms with Crippen molar-refractivity contribution >= 4 is 16.8 Å². The Hall–Kier alpha value is -3.13. The number of aryl methyl sites for hydroxylation is 1. The van der Waals surface area contributed by atoms with Gasteiger partial charge in [-0.3, -0.25) is 4.79 Å². The highest BCUT2D eigenvalue weighted by molar-refractivity contribution is 5.98. The number of halogens is 1. The molecule has 3 rings (SSSR count). The topological polar surface area (TPSA) is 82.7 Å². The standard InChI is InChI=1S/C18H14FN3O/c1-10-4-11(2-3-15(10)19)5-13-6-12(9-20)7-14-8-16(18(21)23)22-17(13)14/h2-4,6-8,22H,5H2,1H3,(H2,21,23). The summed E-state index contributed by atoms with van der Waals surface area (Å²) in [5.74, 6) is -0.802. The summed E-state index contributed by atoms with van der Waals surface area (Å²) < 4.78 is 13.4. The van der Waals surface area contributed by atoms with Gasteiger partial charge in [0, 0.05) is 10.9 Å². The first kappa shape index (κ1) is 14.8. The van der Waals surface area contributed by atoms with Gasteiger partial charge in [-0.15, -0.1) is 0 Å². The number of aromatic amines is 1. The Morgan fingerprint density at radius 1 is 1.30 bits per heavy atom. The molecule has 0 spiro atoms. The average molecular weight is 307 g/mol. The molecule has 0 aliphatic heterocycles. The van der Waals surface area contributed by atoms with Crippen LogP contribution in [0, 0.1) is 24.1 Å². The van der Waals surface area contributed by atoms with E-state index in [0.29, 0.717) is 23.2 Å². The molecule has 0 atom stereocenters. The lowest BCUT2D eigenvalue weighted by molar-refractivity contribution is 0.0996. The van der Waals surface area contributed by atoms with Crippen LogP contribution in [-0.4, -0.2) is 10.9 Å². The van der Waals surface area contributed by atoms with Crippen molar-refractivity contribution in [3.8, 4) is 6.07 Å². The Morgan fingerprint density at radius 2 is 2.09 bits per heavy atom. The largest absolute Gasteiger partial charge is 0.364 e. The highest BCUT2D eigenvalue weighted by atomic mass is 19.1. The van der Waals surface area contributed by atoms with Crippen molar-refractivity contribution in [1.29, 1.82) is 5.26 Å². The fourth-order valence-electron chi connectivity index (χ4n) is 2.69. The number of carbonyl (C=O) groups is 1. The van der Waals surface area contributed by atoms with Crippen LogP contribution in [0.1, 0.15) is 32.7 Å². The molecule has 0 aliphatic rings. The van der Waals surface area contributed by atoms with E-state index >= 15 is 0 Å². The lowest BCUT2D eigenvalue weighted by atomic mass is 9.99. The minimum absolute atomic E-state index is 0.249. The number of benzene rings is 2. The van der Waals surface area contributed by atoms with Gasteiger partial charge in [0.1, 0.15) is 11.5 Å². The molecular weight excluding hydrogens is 293 g/mol. The number of hydrogen-bond acceptors (Lipinski definition) is 2. The summed E-state index contributed by atoms with van der Waals surface area (Å²) in [6.07, 6.45) is 0.520. The number of nitriles is 1. The zero-order chi connectivity index (χ0) is 16.6. The van der Waals surface area contributed by atoms with Gasteiger partial charge >= 0.3 is 0 Å². The van der Waals surface area contributed by atoms with E-state index in [2.05, 4.69) is 11.1 Å². The van der Waals surface area contributed by atoms with Crippen LogP contribution in [0.3, 0.4) is 0 Å². The number of primary amides is 1. The van der Waals surface area contributed by atoms with Crippen molar-refractivity contribution in [3.63, 3.8) is 0 Å². The molecule has 0 saturated carbocycles. The Balaban J connectivity index is 2.12. The second-order valence-electron chi connectivity index (χ2n) is 5.52. The van der Waals surface area contributed by atoms with Crippen molar-refractivity contribution in [3.05, 3.63) is 70.2 Å². The zero-order valence-electron chi connectivity index (χ0n) is 12.5. The number of H-pyrrole nitrogens is 1. The van der Waals surface area contributed by atoms with E-state index in [-0.39, 0.29) is 5.82 Å². The molecule has 0 radical (unpaired) electrons. The van der Waals surface area contributed by atoms with Gasteiger partial charge in [0.25, 0.3) is 5.91 Å². The van der Waals surface area contributed by atoms with E-state index in [9.17, 15) is 14.4 Å². The number of aromatic nitrogens is 1. The number of amides is 1. The van der Waals surface area contributed by atoms with Gasteiger partial charge in [0.15, 0.2) is 0 Å². The van der Waals surface area contributed by atoms with E-state index in [1.54, 1.807) is 37.3 Å². The molecule has 0 bridgehead atoms. The van der Waals surface area contributed by atoms with Gasteiger partial charge in [-0.2, -0.15) is 5.26 Å². The van der Waals surface area contributed by atoms with Crippen LogP contribution in [0.5, 0.6) is 0 Å². The average Bonchev–Trinajstić information content (AvgIpc) is 2.95. The number of fused-ring (bicyclic) bond motifs is 1. The third-order valence-corrected chi connectivity index (χ3v) is 3.82. The summed E-state index contributed by atoms with van der Waals surface area (Å²) in [6.45, 7) is 1.71. The van der Waals surface area contributed by atoms with Crippen LogP contribution in [0.25, 0.3) is 10.9 Å². The number of carbonyl (C=O) groups excluding carboxylic acids is 1. The Kier molecular flexibility index (Phi) is 3.59. The Morgan fingerprint density at radius 3 is 2.74 bits per heavy atom. The monoisotopic (exact) mass is 307 g/mol. The van der Waals surface area contributed by atoms with Gasteiger partial charge in [0.2, 0.25) is 0 Å². The van der Waals surface area contributed by atoms with Crippen molar-refractivity contribution in [1.82, 2.24) is 4.98 Å². The van der Waals surface area contributed by atoms with E-state index in [4.69, 9.17) is 5.73 Å². The van der Waals surface area contributed by atoms with Crippen molar-refractivity contribution in [2.75, 3.05) is 0 Å². The molecule has 3 N–H and O–H groups in total. The van der Waals surface area contributed by atoms with Crippen LogP contribution in [0.4, 0.5) is 4.39 Å². The maximum atomic E-state index is 13.4. The lowest BCUT2D eigenvalue weighted by Crippen LogP contribution is -2.10. The molecule has 1 heterocycles. The zero-order valence-corrected chi connectivity index (χ0v) is 12.5. The number of nitrogens with one attached hydrogen (secondary N) is 1. The summed E-state index contributed by atoms with van der Waals surface area (Å²) >= 11 is 0. The molecule has 23 heavy (non-hydrogen) atoms. The number of rotatable bonds is 3. The summed E-state index contributed by atoms with van der Waals surface area (Å²) in [6, 6.07) is 12.1. The molecule has 1 aromatic heterocycles. The number of hydrogen-bond donors (Lipinski definition) is 2. The van der Waals surface area contributed by atoms with Gasteiger partial charge in [-0.1, -0.05) is 12.1 Å². The second-order valence-corrected chi connectivity index (χ2v) is 5.52. The summed E-state index contributed by atoms with van der Waals surface area (Å²) in [5.41, 5.74) is 9.23. The summed E-state index contributed by atoms with van der Waals surface area (Å²) in [4.78, 5) is 14.4. The van der Waals surface area contributed by atoms with Crippen LogP contribution >= 0.6 is 0 Å². The molecule has 0 unspecified atom stereocenters. The van der Waals surface area contributed by atoms with Gasteiger partial charge in [0.05, 0.1) is 11.6 Å². The highest BCUT2D eigenvalue weighted by Gasteiger charge is 2.12. The van der Waals surface area contributed by atoms with E-state index in [1.807, 2.05) is 0 Å². The van der Waals surface area contributed by atoms with Crippen molar-refractivity contribution in [2.45, 2.75) is 13.3 Å².